The Morgan fingerprint density at radius 1 is 1.10 bits per heavy atom. The van der Waals surface area contributed by atoms with Crippen LogP contribution in [0.1, 0.15) is 23.7 Å². The minimum atomic E-state index is -0.599. The molecule has 0 spiro atoms. The second kappa shape index (κ2) is 7.00. The van der Waals surface area contributed by atoms with Crippen molar-refractivity contribution in [3.63, 3.8) is 0 Å². The molecule has 2 nitrogen and oxygen atoms in total. The lowest BCUT2D eigenvalue weighted by Crippen LogP contribution is -1.95. The van der Waals surface area contributed by atoms with Crippen LogP contribution >= 0.6 is 11.6 Å². The van der Waals surface area contributed by atoms with Gasteiger partial charge in [-0.3, -0.25) is 0 Å². The fourth-order valence-electron chi connectivity index (χ4n) is 1.73. The van der Waals surface area contributed by atoms with Crippen molar-refractivity contribution in [3.05, 3.63) is 64.7 Å². The normalized spacial score (nSPS) is 11.3. The van der Waals surface area contributed by atoms with E-state index in [9.17, 15) is 5.11 Å². The molecule has 0 saturated carbocycles. The zero-order valence-electron chi connectivity index (χ0n) is 11.1. The molecule has 3 heteroatoms. The van der Waals surface area contributed by atoms with Gasteiger partial charge >= 0.3 is 0 Å². The van der Waals surface area contributed by atoms with Crippen molar-refractivity contribution in [1.82, 2.24) is 0 Å². The summed E-state index contributed by atoms with van der Waals surface area (Å²) in [7, 11) is 1.63. The molecule has 2 aromatic carbocycles. The topological polar surface area (TPSA) is 29.5 Å². The highest BCUT2D eigenvalue weighted by atomic mass is 35.5. The Labute approximate surface area is 124 Å². The highest BCUT2D eigenvalue weighted by Crippen LogP contribution is 2.18. The molecule has 0 aromatic heterocycles. The van der Waals surface area contributed by atoms with E-state index in [0.29, 0.717) is 11.4 Å². The lowest BCUT2D eigenvalue weighted by atomic mass is 10.1. The number of halogens is 1. The van der Waals surface area contributed by atoms with Crippen LogP contribution in [0, 0.1) is 11.8 Å². The molecule has 1 atom stereocenters. The highest BCUT2D eigenvalue weighted by molar-refractivity contribution is 6.30. The Kier molecular flexibility index (Phi) is 5.06. The summed E-state index contributed by atoms with van der Waals surface area (Å²) in [5.74, 6) is 6.80. The smallest absolute Gasteiger partial charge is 0.118 e. The van der Waals surface area contributed by atoms with Crippen LogP contribution in [0.3, 0.4) is 0 Å². The third-order valence-electron chi connectivity index (χ3n) is 2.87. The Morgan fingerprint density at radius 2 is 1.75 bits per heavy atom. The maximum atomic E-state index is 10.0. The summed E-state index contributed by atoms with van der Waals surface area (Å²) in [5, 5.41) is 10.7. The molecule has 0 amide bonds. The van der Waals surface area contributed by atoms with Gasteiger partial charge in [0.15, 0.2) is 0 Å². The van der Waals surface area contributed by atoms with Gasteiger partial charge in [0.1, 0.15) is 5.75 Å². The number of methoxy groups -OCH3 is 1. The third-order valence-corrected chi connectivity index (χ3v) is 3.12. The molecule has 102 valence electrons. The van der Waals surface area contributed by atoms with E-state index in [-0.39, 0.29) is 0 Å². The maximum absolute atomic E-state index is 10.0. The van der Waals surface area contributed by atoms with Gasteiger partial charge < -0.3 is 9.84 Å². The molecule has 0 aliphatic rings. The van der Waals surface area contributed by atoms with Crippen molar-refractivity contribution in [3.8, 4) is 17.6 Å². The zero-order valence-corrected chi connectivity index (χ0v) is 11.9. The number of aliphatic hydroxyl groups is 1. The van der Waals surface area contributed by atoms with E-state index in [1.807, 2.05) is 36.4 Å². The average molecular weight is 287 g/mol. The van der Waals surface area contributed by atoms with Gasteiger partial charge in [-0.2, -0.15) is 0 Å². The Morgan fingerprint density at radius 3 is 2.35 bits per heavy atom. The van der Waals surface area contributed by atoms with Gasteiger partial charge in [0.05, 0.1) is 13.2 Å². The van der Waals surface area contributed by atoms with E-state index in [4.69, 9.17) is 16.3 Å². The van der Waals surface area contributed by atoms with Gasteiger partial charge in [-0.15, -0.1) is 0 Å². The molecule has 0 radical (unpaired) electrons. The molecule has 0 fully saturated rings. The molecular weight excluding hydrogens is 272 g/mol. The molecule has 0 saturated heterocycles. The van der Waals surface area contributed by atoms with Gasteiger partial charge in [-0.1, -0.05) is 35.6 Å². The van der Waals surface area contributed by atoms with Crippen LogP contribution in [0.25, 0.3) is 0 Å². The number of hydrogen-bond acceptors (Lipinski definition) is 2. The first-order valence-electron chi connectivity index (χ1n) is 6.25. The van der Waals surface area contributed by atoms with E-state index in [1.165, 1.54) is 0 Å². The van der Waals surface area contributed by atoms with Crippen LogP contribution in [-0.4, -0.2) is 12.2 Å². The molecular formula is C17H15ClO2. The summed E-state index contributed by atoms with van der Waals surface area (Å²) in [4.78, 5) is 0. The Hall–Kier alpha value is -1.95. The summed E-state index contributed by atoms with van der Waals surface area (Å²) < 4.78 is 5.08. The van der Waals surface area contributed by atoms with Crippen LogP contribution < -0.4 is 4.74 Å². The monoisotopic (exact) mass is 286 g/mol. The number of rotatable bonds is 3. The molecule has 0 heterocycles. The summed E-state index contributed by atoms with van der Waals surface area (Å²) in [6.45, 7) is 0. The van der Waals surface area contributed by atoms with Crippen molar-refractivity contribution in [2.24, 2.45) is 0 Å². The molecule has 1 N–H and O–H groups in total. The zero-order chi connectivity index (χ0) is 14.4. The first-order chi connectivity index (χ1) is 9.69. The quantitative estimate of drug-likeness (QED) is 0.869. The fourth-order valence-corrected chi connectivity index (χ4v) is 1.85. The largest absolute Gasteiger partial charge is 0.497 e. The fraction of sp³-hybridized carbons (Fsp3) is 0.176. The second-order valence-corrected chi connectivity index (χ2v) is 4.74. The lowest BCUT2D eigenvalue weighted by molar-refractivity contribution is 0.184. The van der Waals surface area contributed by atoms with Gasteiger partial charge in [-0.05, 0) is 42.0 Å². The van der Waals surface area contributed by atoms with Crippen molar-refractivity contribution in [2.75, 3.05) is 7.11 Å². The van der Waals surface area contributed by atoms with Crippen molar-refractivity contribution < 1.29 is 9.84 Å². The highest BCUT2D eigenvalue weighted by Gasteiger charge is 2.04. The summed E-state index contributed by atoms with van der Waals surface area (Å²) in [5.41, 5.74) is 1.72. The molecule has 0 bridgehead atoms. The van der Waals surface area contributed by atoms with Crippen LogP contribution in [0.4, 0.5) is 0 Å². The Bertz CT molecular complexity index is 606. The van der Waals surface area contributed by atoms with Gasteiger partial charge in [-0.25, -0.2) is 0 Å². The number of ether oxygens (including phenoxy) is 1. The number of benzene rings is 2. The average Bonchev–Trinajstić information content (AvgIpc) is 2.48. The minimum absolute atomic E-state index is 0.383. The van der Waals surface area contributed by atoms with Gasteiger partial charge in [0, 0.05) is 17.0 Å². The standard InChI is InChI=1S/C17H15ClO2/c1-20-16-11-5-13(6-12-16)3-2-4-17(19)14-7-9-15(18)10-8-14/h5-12,17,19H,4H2,1H3. The van der Waals surface area contributed by atoms with Crippen molar-refractivity contribution in [2.45, 2.75) is 12.5 Å². The first kappa shape index (κ1) is 14.5. The van der Waals surface area contributed by atoms with Gasteiger partial charge in [0.25, 0.3) is 0 Å². The third kappa shape index (κ3) is 4.03. The van der Waals surface area contributed by atoms with Crippen LogP contribution in [0.15, 0.2) is 48.5 Å². The predicted octanol–water partition coefficient (Wildman–Crippen LogP) is 3.82. The maximum Gasteiger partial charge on any atom is 0.118 e. The number of aliphatic hydroxyl groups excluding tert-OH is 1. The van der Waals surface area contributed by atoms with E-state index in [0.717, 1.165) is 16.9 Å². The first-order valence-corrected chi connectivity index (χ1v) is 6.63. The van der Waals surface area contributed by atoms with Crippen LogP contribution in [-0.2, 0) is 0 Å². The molecule has 0 aliphatic carbocycles. The second-order valence-electron chi connectivity index (χ2n) is 4.30. The van der Waals surface area contributed by atoms with Crippen LogP contribution in [0.5, 0.6) is 5.75 Å². The molecule has 0 aliphatic heterocycles. The van der Waals surface area contributed by atoms with Gasteiger partial charge in [0.2, 0.25) is 0 Å². The van der Waals surface area contributed by atoms with Crippen molar-refractivity contribution in [1.29, 1.82) is 0 Å². The Balaban J connectivity index is 1.97. The SMILES string of the molecule is COc1ccc(C#CCC(O)c2ccc(Cl)cc2)cc1. The van der Waals surface area contributed by atoms with E-state index in [2.05, 4.69) is 11.8 Å². The number of hydrogen-bond donors (Lipinski definition) is 1. The summed E-state index contributed by atoms with van der Waals surface area (Å²) in [6, 6.07) is 14.6. The molecule has 2 aromatic rings. The molecule has 2 rings (SSSR count). The molecule has 20 heavy (non-hydrogen) atoms. The minimum Gasteiger partial charge on any atom is -0.497 e. The summed E-state index contributed by atoms with van der Waals surface area (Å²) >= 11 is 5.81. The lowest BCUT2D eigenvalue weighted by Gasteiger charge is -2.06. The predicted molar refractivity (Wildman–Crippen MR) is 80.9 cm³/mol. The van der Waals surface area contributed by atoms with E-state index in [1.54, 1.807) is 19.2 Å². The van der Waals surface area contributed by atoms with E-state index < -0.39 is 6.10 Å². The van der Waals surface area contributed by atoms with Crippen LogP contribution in [0.2, 0.25) is 5.02 Å². The molecule has 1 unspecified atom stereocenters. The summed E-state index contributed by atoms with van der Waals surface area (Å²) in [6.07, 6.45) is -0.216. The van der Waals surface area contributed by atoms with E-state index >= 15 is 0 Å². The van der Waals surface area contributed by atoms with Crippen molar-refractivity contribution >= 4 is 11.6 Å².